The molecule has 1 heterocycles. The van der Waals surface area contributed by atoms with E-state index in [1.807, 2.05) is 6.07 Å². The van der Waals surface area contributed by atoms with E-state index in [1.54, 1.807) is 25.1 Å². The second-order valence-electron chi connectivity index (χ2n) is 5.86. The lowest BCUT2D eigenvalue weighted by molar-refractivity contribution is -0.177. The second kappa shape index (κ2) is 5.35. The van der Waals surface area contributed by atoms with Gasteiger partial charge in [0.05, 0.1) is 23.4 Å². The number of nitrogens with two attached hydrogens (primary N) is 1. The summed E-state index contributed by atoms with van der Waals surface area (Å²) in [5.74, 6) is -0.754. The van der Waals surface area contributed by atoms with Crippen LogP contribution in [0.25, 0.3) is 0 Å². The summed E-state index contributed by atoms with van der Waals surface area (Å²) in [5, 5.41) is -0.662. The maximum atomic E-state index is 13.0. The van der Waals surface area contributed by atoms with Crippen molar-refractivity contribution in [1.82, 2.24) is 0 Å². The van der Waals surface area contributed by atoms with Gasteiger partial charge in [0.2, 0.25) is 0 Å². The quantitative estimate of drug-likeness (QED) is 0.893. The molecule has 5 nitrogen and oxygen atoms in total. The molecule has 1 aliphatic heterocycles. The minimum atomic E-state index is -3.49. The first-order valence-corrected chi connectivity index (χ1v) is 8.82. The van der Waals surface area contributed by atoms with E-state index < -0.39 is 20.9 Å². The van der Waals surface area contributed by atoms with Crippen molar-refractivity contribution < 1.29 is 17.9 Å². The fourth-order valence-electron chi connectivity index (χ4n) is 3.27. The molecule has 0 radical (unpaired) electrons. The third kappa shape index (κ3) is 2.61. The van der Waals surface area contributed by atoms with Gasteiger partial charge < -0.3 is 15.2 Å². The molecule has 0 aromatic heterocycles. The van der Waals surface area contributed by atoms with Gasteiger partial charge in [-0.3, -0.25) is 0 Å². The molecular formula is C15H21NO4S. The molecule has 2 fully saturated rings. The second-order valence-corrected chi connectivity index (χ2v) is 8.00. The first-order valence-electron chi connectivity index (χ1n) is 7.28. The Morgan fingerprint density at radius 3 is 2.57 bits per heavy atom. The summed E-state index contributed by atoms with van der Waals surface area (Å²) in [6.07, 6.45) is 1.56. The number of hydrogen-bond acceptors (Lipinski definition) is 5. The van der Waals surface area contributed by atoms with Gasteiger partial charge in [0.15, 0.2) is 15.6 Å². The zero-order valence-electron chi connectivity index (χ0n) is 12.1. The zero-order chi connectivity index (χ0) is 15.1. The molecule has 1 aromatic carbocycles. The Morgan fingerprint density at radius 1 is 1.24 bits per heavy atom. The van der Waals surface area contributed by atoms with Crippen LogP contribution in [0.4, 0.5) is 0 Å². The van der Waals surface area contributed by atoms with E-state index in [-0.39, 0.29) is 6.04 Å². The number of rotatable bonds is 2. The van der Waals surface area contributed by atoms with E-state index in [0.29, 0.717) is 37.4 Å². The third-order valence-corrected chi connectivity index (χ3v) is 6.85. The van der Waals surface area contributed by atoms with Crippen molar-refractivity contribution in [2.45, 2.75) is 48.2 Å². The van der Waals surface area contributed by atoms with Crippen molar-refractivity contribution in [2.75, 3.05) is 13.2 Å². The lowest BCUT2D eigenvalue weighted by atomic mass is 9.90. The Morgan fingerprint density at radius 2 is 1.90 bits per heavy atom. The molecule has 1 aromatic rings. The van der Waals surface area contributed by atoms with E-state index >= 15 is 0 Å². The summed E-state index contributed by atoms with van der Waals surface area (Å²) in [6, 6.07) is 6.65. The van der Waals surface area contributed by atoms with E-state index in [2.05, 4.69) is 0 Å². The van der Waals surface area contributed by atoms with Crippen molar-refractivity contribution in [3.8, 4) is 0 Å². The van der Waals surface area contributed by atoms with Crippen LogP contribution in [0.5, 0.6) is 0 Å². The van der Waals surface area contributed by atoms with Crippen LogP contribution in [0.15, 0.2) is 29.2 Å². The lowest BCUT2D eigenvalue weighted by Gasteiger charge is -2.39. The van der Waals surface area contributed by atoms with Crippen molar-refractivity contribution >= 4 is 9.84 Å². The summed E-state index contributed by atoms with van der Waals surface area (Å²) in [7, 11) is -3.49. The van der Waals surface area contributed by atoms with Crippen LogP contribution in [0.1, 0.15) is 24.8 Å². The molecule has 0 amide bonds. The minimum Gasteiger partial charge on any atom is -0.347 e. The topological polar surface area (TPSA) is 78.6 Å². The molecule has 6 heteroatoms. The van der Waals surface area contributed by atoms with Gasteiger partial charge in [0, 0.05) is 18.9 Å². The first kappa shape index (κ1) is 15.0. The van der Waals surface area contributed by atoms with E-state index in [4.69, 9.17) is 15.2 Å². The number of benzene rings is 1. The summed E-state index contributed by atoms with van der Waals surface area (Å²) < 4.78 is 37.3. The zero-order valence-corrected chi connectivity index (χ0v) is 12.9. The Labute approximate surface area is 125 Å². The van der Waals surface area contributed by atoms with Crippen LogP contribution in [0, 0.1) is 6.92 Å². The van der Waals surface area contributed by atoms with Crippen LogP contribution in [-0.2, 0) is 19.3 Å². The average Bonchev–Trinajstić information content (AvgIpc) is 2.90. The Hall–Kier alpha value is -0.950. The Balaban J connectivity index is 1.95. The van der Waals surface area contributed by atoms with E-state index in [1.165, 1.54) is 0 Å². The van der Waals surface area contributed by atoms with Crippen molar-refractivity contribution in [3.63, 3.8) is 0 Å². The molecule has 2 atom stereocenters. The van der Waals surface area contributed by atoms with Gasteiger partial charge >= 0.3 is 0 Å². The summed E-state index contributed by atoms with van der Waals surface area (Å²) in [5.41, 5.74) is 6.86. The number of aryl methyl sites for hydroxylation is 1. The monoisotopic (exact) mass is 311 g/mol. The molecule has 0 bridgehead atoms. The molecule has 1 saturated carbocycles. The highest BCUT2D eigenvalue weighted by atomic mass is 32.2. The smallest absolute Gasteiger partial charge is 0.183 e. The van der Waals surface area contributed by atoms with Gasteiger partial charge in [-0.2, -0.15) is 0 Å². The fourth-order valence-corrected chi connectivity index (χ4v) is 5.45. The summed E-state index contributed by atoms with van der Waals surface area (Å²) in [4.78, 5) is 0.362. The Bertz CT molecular complexity index is 622. The molecular weight excluding hydrogens is 290 g/mol. The Kier molecular flexibility index (Phi) is 3.81. The van der Waals surface area contributed by atoms with E-state index in [9.17, 15) is 8.42 Å². The molecule has 1 spiro atoms. The van der Waals surface area contributed by atoms with Crippen molar-refractivity contribution in [2.24, 2.45) is 5.73 Å². The summed E-state index contributed by atoms with van der Waals surface area (Å²) >= 11 is 0. The molecule has 2 aliphatic rings. The fraction of sp³-hybridized carbons (Fsp3) is 0.600. The van der Waals surface area contributed by atoms with E-state index in [0.717, 1.165) is 5.56 Å². The average molecular weight is 311 g/mol. The molecule has 2 N–H and O–H groups in total. The molecule has 3 rings (SSSR count). The van der Waals surface area contributed by atoms with Gasteiger partial charge in [-0.25, -0.2) is 8.42 Å². The van der Waals surface area contributed by atoms with Gasteiger partial charge in [-0.1, -0.05) is 18.2 Å². The number of hydrogen-bond donors (Lipinski definition) is 1. The maximum Gasteiger partial charge on any atom is 0.183 e. The van der Waals surface area contributed by atoms with Crippen molar-refractivity contribution in [1.29, 1.82) is 0 Å². The molecule has 2 unspecified atom stereocenters. The minimum absolute atomic E-state index is 0.310. The highest BCUT2D eigenvalue weighted by molar-refractivity contribution is 7.92. The molecule has 116 valence electrons. The van der Waals surface area contributed by atoms with Gasteiger partial charge in [0.25, 0.3) is 0 Å². The standard InChI is InChI=1S/C15H21NO4S/c1-11-4-2-3-5-13(11)21(17,18)14-10-15(7-6-12(14)16)19-8-9-20-15/h2-5,12,14H,6-10,16H2,1H3. The molecule has 21 heavy (non-hydrogen) atoms. The van der Waals surface area contributed by atoms with Gasteiger partial charge in [-0.15, -0.1) is 0 Å². The van der Waals surface area contributed by atoms with Crippen LogP contribution >= 0.6 is 0 Å². The first-order chi connectivity index (χ1) is 9.95. The van der Waals surface area contributed by atoms with Gasteiger partial charge in [-0.05, 0) is 25.0 Å². The SMILES string of the molecule is Cc1ccccc1S(=O)(=O)C1CC2(CCC1N)OCCO2. The van der Waals surface area contributed by atoms with Crippen LogP contribution in [-0.4, -0.2) is 38.7 Å². The van der Waals surface area contributed by atoms with Gasteiger partial charge in [0.1, 0.15) is 0 Å². The predicted molar refractivity (Wildman–Crippen MR) is 78.6 cm³/mol. The van der Waals surface area contributed by atoms with Crippen LogP contribution < -0.4 is 5.73 Å². The molecule has 1 aliphatic carbocycles. The highest BCUT2D eigenvalue weighted by Crippen LogP contribution is 2.39. The predicted octanol–water partition coefficient (Wildman–Crippen LogP) is 1.39. The molecule has 1 saturated heterocycles. The van der Waals surface area contributed by atoms with Crippen LogP contribution in [0.3, 0.4) is 0 Å². The number of ether oxygens (including phenoxy) is 2. The highest BCUT2D eigenvalue weighted by Gasteiger charge is 2.49. The van der Waals surface area contributed by atoms with Crippen LogP contribution in [0.2, 0.25) is 0 Å². The maximum absolute atomic E-state index is 13.0. The lowest BCUT2D eigenvalue weighted by Crippen LogP contribution is -2.52. The largest absolute Gasteiger partial charge is 0.347 e. The number of sulfone groups is 1. The van der Waals surface area contributed by atoms with Crippen molar-refractivity contribution in [3.05, 3.63) is 29.8 Å². The third-order valence-electron chi connectivity index (χ3n) is 4.46. The normalized spacial score (nSPS) is 28.9. The summed E-state index contributed by atoms with van der Waals surface area (Å²) in [6.45, 7) is 2.85.